The standard InChI is InChI=1S/C14H19N7O/c1-20-6-2-12(3-7-20)21-10-11(8-17-21)18-19-14(22)13-9-15-4-5-16-13/h4-5,8-10,12,18H,2-3,6-7H2,1H3,(H,19,22). The molecule has 0 aliphatic carbocycles. The molecule has 3 heterocycles. The zero-order valence-corrected chi connectivity index (χ0v) is 12.4. The molecule has 2 N–H and O–H groups in total. The smallest absolute Gasteiger partial charge is 0.289 e. The Morgan fingerprint density at radius 3 is 2.82 bits per heavy atom. The molecular formula is C14H19N7O. The van der Waals surface area contributed by atoms with E-state index in [4.69, 9.17) is 0 Å². The minimum Gasteiger partial charge on any atom is -0.306 e. The molecule has 0 saturated carbocycles. The summed E-state index contributed by atoms with van der Waals surface area (Å²) in [4.78, 5) is 22.0. The van der Waals surface area contributed by atoms with E-state index in [1.54, 1.807) is 6.20 Å². The highest BCUT2D eigenvalue weighted by Gasteiger charge is 2.18. The van der Waals surface area contributed by atoms with Crippen LogP contribution in [0.2, 0.25) is 0 Å². The molecule has 22 heavy (non-hydrogen) atoms. The highest BCUT2D eigenvalue weighted by molar-refractivity contribution is 5.92. The molecule has 0 bridgehead atoms. The molecular weight excluding hydrogens is 282 g/mol. The number of hydrogen-bond donors (Lipinski definition) is 2. The molecule has 0 aromatic carbocycles. The number of carbonyl (C=O) groups is 1. The van der Waals surface area contributed by atoms with Crippen LogP contribution in [0.3, 0.4) is 0 Å². The Labute approximate surface area is 128 Å². The lowest BCUT2D eigenvalue weighted by atomic mass is 10.1. The van der Waals surface area contributed by atoms with Crippen LogP contribution >= 0.6 is 0 Å². The number of nitrogens with one attached hydrogen (secondary N) is 2. The first-order valence-electron chi connectivity index (χ1n) is 7.27. The van der Waals surface area contributed by atoms with Crippen molar-refractivity contribution < 1.29 is 4.79 Å². The molecule has 1 saturated heterocycles. The molecule has 1 aliphatic rings. The van der Waals surface area contributed by atoms with Gasteiger partial charge in [-0.1, -0.05) is 0 Å². The molecule has 8 nitrogen and oxygen atoms in total. The Kier molecular flexibility index (Phi) is 4.29. The van der Waals surface area contributed by atoms with Gasteiger partial charge in [-0.05, 0) is 33.0 Å². The summed E-state index contributed by atoms with van der Waals surface area (Å²) in [6.45, 7) is 2.16. The van der Waals surface area contributed by atoms with Gasteiger partial charge >= 0.3 is 0 Å². The summed E-state index contributed by atoms with van der Waals surface area (Å²) in [5.41, 5.74) is 6.44. The summed E-state index contributed by atoms with van der Waals surface area (Å²) in [6, 6.07) is 0.419. The number of hydrazine groups is 1. The van der Waals surface area contributed by atoms with Crippen LogP contribution in [0.15, 0.2) is 31.0 Å². The molecule has 0 atom stereocenters. The van der Waals surface area contributed by atoms with Gasteiger partial charge in [0.05, 0.1) is 30.3 Å². The third-order valence-electron chi connectivity index (χ3n) is 3.78. The van der Waals surface area contributed by atoms with Crippen molar-refractivity contribution in [1.82, 2.24) is 30.1 Å². The van der Waals surface area contributed by atoms with Crippen LogP contribution in [-0.2, 0) is 0 Å². The van der Waals surface area contributed by atoms with E-state index in [9.17, 15) is 4.79 Å². The number of anilines is 1. The average Bonchev–Trinajstić information content (AvgIpc) is 3.03. The van der Waals surface area contributed by atoms with E-state index in [1.165, 1.54) is 18.6 Å². The summed E-state index contributed by atoms with van der Waals surface area (Å²) in [6.07, 6.45) is 10.2. The Balaban J connectivity index is 1.55. The molecule has 2 aromatic rings. The number of likely N-dealkylation sites (tertiary alicyclic amines) is 1. The van der Waals surface area contributed by atoms with Gasteiger partial charge in [-0.2, -0.15) is 5.10 Å². The molecule has 0 unspecified atom stereocenters. The maximum Gasteiger partial charge on any atom is 0.289 e. The third-order valence-corrected chi connectivity index (χ3v) is 3.78. The normalized spacial score (nSPS) is 16.4. The molecule has 8 heteroatoms. The van der Waals surface area contributed by atoms with Crippen molar-refractivity contribution in [3.05, 3.63) is 36.7 Å². The minimum absolute atomic E-state index is 0.262. The first-order valence-corrected chi connectivity index (χ1v) is 7.27. The fourth-order valence-electron chi connectivity index (χ4n) is 2.47. The maximum atomic E-state index is 11.9. The SMILES string of the molecule is CN1CCC(n2cc(NNC(=O)c3cnccn3)cn2)CC1. The number of nitrogens with zero attached hydrogens (tertiary/aromatic N) is 5. The lowest BCUT2D eigenvalue weighted by Crippen LogP contribution is -2.31. The minimum atomic E-state index is -0.333. The first-order chi connectivity index (χ1) is 10.7. The van der Waals surface area contributed by atoms with Gasteiger partial charge in [-0.15, -0.1) is 0 Å². The van der Waals surface area contributed by atoms with Crippen LogP contribution < -0.4 is 10.9 Å². The second-order valence-electron chi connectivity index (χ2n) is 5.41. The summed E-state index contributed by atoms with van der Waals surface area (Å²) >= 11 is 0. The Hall–Kier alpha value is -2.48. The summed E-state index contributed by atoms with van der Waals surface area (Å²) < 4.78 is 1.96. The Bertz CT molecular complexity index is 619. The zero-order valence-electron chi connectivity index (χ0n) is 12.4. The summed E-state index contributed by atoms with van der Waals surface area (Å²) in [7, 11) is 2.13. The van der Waals surface area contributed by atoms with E-state index in [0.717, 1.165) is 31.6 Å². The third kappa shape index (κ3) is 3.40. The Morgan fingerprint density at radius 2 is 2.09 bits per heavy atom. The fraction of sp³-hybridized carbons (Fsp3) is 0.429. The predicted octanol–water partition coefficient (Wildman–Crippen LogP) is 0.697. The number of amides is 1. The Morgan fingerprint density at radius 1 is 1.27 bits per heavy atom. The number of carbonyl (C=O) groups excluding carboxylic acids is 1. The van der Waals surface area contributed by atoms with Crippen molar-refractivity contribution in [2.24, 2.45) is 0 Å². The fourth-order valence-corrected chi connectivity index (χ4v) is 2.47. The quantitative estimate of drug-likeness (QED) is 0.808. The molecule has 2 aromatic heterocycles. The maximum absolute atomic E-state index is 11.9. The number of piperidine rings is 1. The van der Waals surface area contributed by atoms with Crippen molar-refractivity contribution in [3.8, 4) is 0 Å². The molecule has 1 fully saturated rings. The van der Waals surface area contributed by atoms with E-state index in [2.05, 4.69) is 37.9 Å². The van der Waals surface area contributed by atoms with Crippen LogP contribution in [-0.4, -0.2) is 50.7 Å². The van der Waals surface area contributed by atoms with E-state index < -0.39 is 0 Å². The summed E-state index contributed by atoms with van der Waals surface area (Å²) in [5, 5.41) is 4.37. The lowest BCUT2D eigenvalue weighted by Gasteiger charge is -2.28. The van der Waals surface area contributed by atoms with Crippen molar-refractivity contribution >= 4 is 11.6 Å². The zero-order chi connectivity index (χ0) is 15.4. The second kappa shape index (κ2) is 6.52. The van der Waals surface area contributed by atoms with Gasteiger partial charge < -0.3 is 4.90 Å². The van der Waals surface area contributed by atoms with Crippen LogP contribution in [0, 0.1) is 0 Å². The number of aromatic nitrogens is 4. The van der Waals surface area contributed by atoms with E-state index in [0.29, 0.717) is 6.04 Å². The second-order valence-corrected chi connectivity index (χ2v) is 5.41. The van der Waals surface area contributed by atoms with Crippen LogP contribution in [0.5, 0.6) is 0 Å². The number of rotatable bonds is 4. The molecule has 116 valence electrons. The lowest BCUT2D eigenvalue weighted by molar-refractivity contribution is 0.0957. The van der Waals surface area contributed by atoms with Gasteiger partial charge in [0.1, 0.15) is 5.69 Å². The van der Waals surface area contributed by atoms with Crippen LogP contribution in [0.25, 0.3) is 0 Å². The van der Waals surface area contributed by atoms with Crippen molar-refractivity contribution in [2.75, 3.05) is 25.6 Å². The van der Waals surface area contributed by atoms with E-state index in [1.807, 2.05) is 10.9 Å². The van der Waals surface area contributed by atoms with Gasteiger partial charge in [0.15, 0.2) is 0 Å². The number of hydrogen-bond acceptors (Lipinski definition) is 6. The predicted molar refractivity (Wildman–Crippen MR) is 81.1 cm³/mol. The summed E-state index contributed by atoms with van der Waals surface area (Å²) in [5.74, 6) is -0.333. The highest BCUT2D eigenvalue weighted by atomic mass is 16.2. The van der Waals surface area contributed by atoms with Gasteiger partial charge in [0.2, 0.25) is 0 Å². The van der Waals surface area contributed by atoms with Crippen LogP contribution in [0.4, 0.5) is 5.69 Å². The van der Waals surface area contributed by atoms with Gasteiger partial charge in [-0.25, -0.2) is 4.98 Å². The molecule has 0 spiro atoms. The van der Waals surface area contributed by atoms with Gasteiger partial charge in [0, 0.05) is 12.4 Å². The van der Waals surface area contributed by atoms with Crippen molar-refractivity contribution in [2.45, 2.75) is 18.9 Å². The first kappa shape index (κ1) is 14.5. The largest absolute Gasteiger partial charge is 0.306 e. The van der Waals surface area contributed by atoms with Crippen molar-refractivity contribution in [1.29, 1.82) is 0 Å². The van der Waals surface area contributed by atoms with Crippen molar-refractivity contribution in [3.63, 3.8) is 0 Å². The van der Waals surface area contributed by atoms with E-state index in [-0.39, 0.29) is 11.6 Å². The van der Waals surface area contributed by atoms with Crippen LogP contribution in [0.1, 0.15) is 29.4 Å². The molecule has 1 aliphatic heterocycles. The van der Waals surface area contributed by atoms with Gasteiger partial charge in [-0.3, -0.25) is 25.3 Å². The van der Waals surface area contributed by atoms with E-state index >= 15 is 0 Å². The topological polar surface area (TPSA) is 88.0 Å². The molecule has 0 radical (unpaired) electrons. The molecule has 1 amide bonds. The van der Waals surface area contributed by atoms with Gasteiger partial charge in [0.25, 0.3) is 5.91 Å². The average molecular weight is 301 g/mol. The monoisotopic (exact) mass is 301 g/mol. The highest BCUT2D eigenvalue weighted by Crippen LogP contribution is 2.21. The molecule has 3 rings (SSSR count).